The maximum atomic E-state index is 10.1. The smallest absolute Gasteiger partial charge is 0.250 e. The quantitative estimate of drug-likeness (QED) is 0.174. The first-order chi connectivity index (χ1) is 22.5. The third kappa shape index (κ3) is 4.08. The van der Waals surface area contributed by atoms with Crippen LogP contribution in [-0.4, -0.2) is 0 Å². The minimum Gasteiger partial charge on any atom is -0.250 e. The van der Waals surface area contributed by atoms with E-state index in [1.54, 1.807) is 36.4 Å². The summed E-state index contributed by atoms with van der Waals surface area (Å²) in [5.74, 6) is 0. The molecule has 0 atom stereocenters. The normalized spacial score (nSPS) is 13.9. The molecular formula is C38H12N8. The van der Waals surface area contributed by atoms with Gasteiger partial charge in [-0.2, -0.15) is 10.5 Å². The molecule has 0 bridgehead atoms. The summed E-state index contributed by atoms with van der Waals surface area (Å²) >= 11 is 0. The molecule has 0 unspecified atom stereocenters. The van der Waals surface area contributed by atoms with E-state index in [0.29, 0.717) is 66.8 Å². The summed E-state index contributed by atoms with van der Waals surface area (Å²) in [4.78, 5) is 14.0. The van der Waals surface area contributed by atoms with Gasteiger partial charge in [0, 0.05) is 11.1 Å². The van der Waals surface area contributed by atoms with Crippen LogP contribution in [0, 0.1) is 71.6 Å². The van der Waals surface area contributed by atoms with E-state index in [1.807, 2.05) is 60.7 Å². The van der Waals surface area contributed by atoms with E-state index in [0.717, 1.165) is 0 Å². The van der Waals surface area contributed by atoms with E-state index >= 15 is 0 Å². The molecule has 204 valence electrons. The number of rotatable bonds is 2. The highest BCUT2D eigenvalue weighted by molar-refractivity contribution is 6.37. The lowest BCUT2D eigenvalue weighted by atomic mass is 9.88. The van der Waals surface area contributed by atoms with E-state index in [-0.39, 0.29) is 33.9 Å². The molecule has 0 heterocycles. The predicted octanol–water partition coefficient (Wildman–Crippen LogP) is 9.11. The largest absolute Gasteiger partial charge is 0.270 e. The number of hydrogen-bond donors (Lipinski definition) is 0. The average molecular weight is 581 g/mol. The monoisotopic (exact) mass is 580 g/mol. The number of nitrogens with zero attached hydrogens (tertiary/aromatic N) is 8. The number of benzene rings is 4. The van der Waals surface area contributed by atoms with Gasteiger partial charge in [-0.1, -0.05) is 48.5 Å². The summed E-state index contributed by atoms with van der Waals surface area (Å²) in [6, 6.07) is 28.8. The van der Waals surface area contributed by atoms with Crippen LogP contribution in [0.25, 0.3) is 63.9 Å². The van der Waals surface area contributed by atoms with Crippen molar-refractivity contribution in [1.82, 2.24) is 0 Å². The summed E-state index contributed by atoms with van der Waals surface area (Å²) in [6.07, 6.45) is 0. The van der Waals surface area contributed by atoms with E-state index < -0.39 is 0 Å². The summed E-state index contributed by atoms with van der Waals surface area (Å²) in [6.45, 7) is 30.5. The lowest BCUT2D eigenvalue weighted by Gasteiger charge is -2.15. The van der Waals surface area contributed by atoms with Crippen LogP contribution in [0.4, 0.5) is 11.4 Å². The van der Waals surface area contributed by atoms with Crippen LogP contribution in [0.15, 0.2) is 84.2 Å². The first-order valence-corrected chi connectivity index (χ1v) is 13.4. The molecule has 0 fully saturated rings. The lowest BCUT2D eigenvalue weighted by Crippen LogP contribution is -1.96. The Labute approximate surface area is 264 Å². The maximum absolute atomic E-state index is 10.1. The predicted molar refractivity (Wildman–Crippen MR) is 171 cm³/mol. The minimum absolute atomic E-state index is 0.156. The molecule has 4 aromatic rings. The van der Waals surface area contributed by atoms with Gasteiger partial charge in [0.05, 0.1) is 49.6 Å². The van der Waals surface area contributed by atoms with Crippen LogP contribution in [-0.2, 0) is 0 Å². The van der Waals surface area contributed by atoms with Crippen molar-refractivity contribution in [1.29, 1.82) is 21.0 Å². The molecular weight excluding hydrogens is 568 g/mol. The van der Waals surface area contributed by atoms with Crippen molar-refractivity contribution in [3.8, 4) is 46.5 Å². The van der Waals surface area contributed by atoms with Crippen LogP contribution in [0.1, 0.15) is 33.4 Å². The summed E-state index contributed by atoms with van der Waals surface area (Å²) in [5.41, 5.74) is 7.62. The molecule has 46 heavy (non-hydrogen) atoms. The van der Waals surface area contributed by atoms with E-state index in [2.05, 4.69) is 19.4 Å². The first-order valence-electron chi connectivity index (χ1n) is 13.4. The van der Waals surface area contributed by atoms with Crippen LogP contribution < -0.4 is 0 Å². The lowest BCUT2D eigenvalue weighted by molar-refractivity contribution is 1.43. The van der Waals surface area contributed by atoms with Crippen LogP contribution in [0.3, 0.4) is 0 Å². The molecule has 0 N–H and O–H groups in total. The van der Waals surface area contributed by atoms with Gasteiger partial charge in [-0.3, -0.25) is 9.69 Å². The minimum atomic E-state index is -0.157. The molecule has 0 saturated carbocycles. The highest BCUT2D eigenvalue weighted by atomic mass is 14.7. The fraction of sp³-hybridized carbons (Fsp3) is 0. The Morgan fingerprint density at radius 1 is 0.478 bits per heavy atom. The van der Waals surface area contributed by atoms with Gasteiger partial charge in [-0.25, -0.2) is 20.2 Å². The summed E-state index contributed by atoms with van der Waals surface area (Å²) in [5, 5.41) is 39.1. The Hall–Kier alpha value is -7.98. The standard InChI is InChI=1S/C38H12N8/c1-43-31-12-9-24(16-32(31)44-2)23-8-11-28-30(15-23)36(34(20-42)46-4)37-27-10-7-22(21-5-6-25(17-39)26(13-21)18-40)14-29(27)35(38(28)37)33(19-41)45-3/h5-16H/b35-33-,36-34+. The van der Waals surface area contributed by atoms with Gasteiger partial charge in [0.15, 0.2) is 11.4 Å². The molecule has 0 aliphatic heterocycles. The van der Waals surface area contributed by atoms with Crippen molar-refractivity contribution in [2.24, 2.45) is 0 Å². The molecule has 8 heteroatoms. The van der Waals surface area contributed by atoms with Crippen molar-refractivity contribution in [3.63, 3.8) is 0 Å². The molecule has 4 aromatic carbocycles. The summed E-state index contributed by atoms with van der Waals surface area (Å²) in [7, 11) is 0. The van der Waals surface area contributed by atoms with Gasteiger partial charge in [-0.05, 0) is 79.9 Å². The molecule has 6 rings (SSSR count). The molecule has 0 saturated heterocycles. The fourth-order valence-electron chi connectivity index (χ4n) is 5.92. The zero-order valence-corrected chi connectivity index (χ0v) is 23.5. The molecule has 8 nitrogen and oxygen atoms in total. The van der Waals surface area contributed by atoms with Gasteiger partial charge in [-0.15, -0.1) is 0 Å². The second-order valence-electron chi connectivity index (χ2n) is 10.1. The van der Waals surface area contributed by atoms with Gasteiger partial charge in [0.2, 0.25) is 0 Å². The van der Waals surface area contributed by atoms with E-state index in [1.165, 1.54) is 0 Å². The summed E-state index contributed by atoms with van der Waals surface area (Å²) < 4.78 is 0. The average Bonchev–Trinajstić information content (AvgIpc) is 3.61. The highest BCUT2D eigenvalue weighted by Crippen LogP contribution is 2.60. The molecule has 2 aliphatic carbocycles. The van der Waals surface area contributed by atoms with Gasteiger partial charge < -0.3 is 0 Å². The van der Waals surface area contributed by atoms with Gasteiger partial charge >= 0.3 is 0 Å². The van der Waals surface area contributed by atoms with Gasteiger partial charge in [0.1, 0.15) is 12.1 Å². The third-order valence-electron chi connectivity index (χ3n) is 7.92. The SMILES string of the molecule is [C-]#[N+]/C(C#N)=C1C2=C(/C(=C(\C#N)[N+]#[C-])c3cc(-c4ccc([N+]#[C-])c([N+]#[C-])c4)ccc32)c2ccc(-c3ccc(C#N)c(C#N)c3)cc2\1. The molecule has 0 spiro atoms. The Morgan fingerprint density at radius 2 is 0.935 bits per heavy atom. The van der Waals surface area contributed by atoms with Crippen LogP contribution in [0.2, 0.25) is 0 Å². The third-order valence-corrected chi connectivity index (χ3v) is 7.92. The Bertz CT molecular complexity index is 2350. The molecule has 2 aliphatic rings. The van der Waals surface area contributed by atoms with Crippen molar-refractivity contribution in [2.75, 3.05) is 0 Å². The second kappa shape index (κ2) is 11.0. The fourth-order valence-corrected chi connectivity index (χ4v) is 5.92. The van der Waals surface area contributed by atoms with Crippen molar-refractivity contribution < 1.29 is 0 Å². The first kappa shape index (κ1) is 28.2. The highest BCUT2D eigenvalue weighted by Gasteiger charge is 2.39. The Balaban J connectivity index is 1.62. The molecule has 0 amide bonds. The number of fused-ring (bicyclic) bond motifs is 4. The second-order valence-corrected chi connectivity index (χ2v) is 10.1. The Morgan fingerprint density at radius 3 is 1.39 bits per heavy atom. The number of allylic oxidation sites excluding steroid dienone is 6. The van der Waals surface area contributed by atoms with Crippen molar-refractivity contribution in [2.45, 2.75) is 0 Å². The Kier molecular flexibility index (Phi) is 6.74. The number of nitriles is 4. The topological polar surface area (TPSA) is 113 Å². The van der Waals surface area contributed by atoms with Crippen molar-refractivity contribution in [3.05, 3.63) is 163 Å². The van der Waals surface area contributed by atoms with Crippen molar-refractivity contribution >= 4 is 33.7 Å². The maximum Gasteiger partial charge on any atom is 0.270 e. The molecule has 0 radical (unpaired) electrons. The molecule has 0 aromatic heterocycles. The van der Waals surface area contributed by atoms with E-state index in [4.69, 9.17) is 26.3 Å². The number of hydrogen-bond acceptors (Lipinski definition) is 4. The zero-order chi connectivity index (χ0) is 32.5. The van der Waals surface area contributed by atoms with Gasteiger partial charge in [0.25, 0.3) is 11.4 Å². The van der Waals surface area contributed by atoms with E-state index in [9.17, 15) is 21.0 Å². The van der Waals surface area contributed by atoms with Crippen LogP contribution >= 0.6 is 0 Å². The van der Waals surface area contributed by atoms with Crippen LogP contribution in [0.5, 0.6) is 0 Å². The zero-order valence-electron chi connectivity index (χ0n) is 23.5.